The van der Waals surface area contributed by atoms with E-state index in [0.29, 0.717) is 16.5 Å². The quantitative estimate of drug-likeness (QED) is 0.541. The molecule has 1 unspecified atom stereocenters. The van der Waals surface area contributed by atoms with E-state index in [0.717, 1.165) is 4.90 Å². The van der Waals surface area contributed by atoms with Crippen molar-refractivity contribution in [1.29, 1.82) is 0 Å². The van der Waals surface area contributed by atoms with Gasteiger partial charge in [0.05, 0.1) is 16.8 Å². The maximum absolute atomic E-state index is 10.7. The molecule has 82 valence electrons. The van der Waals surface area contributed by atoms with Gasteiger partial charge in [0, 0.05) is 10.6 Å². The highest BCUT2D eigenvalue weighted by atomic mass is 35.5. The van der Waals surface area contributed by atoms with Crippen molar-refractivity contribution in [3.05, 3.63) is 23.2 Å². The van der Waals surface area contributed by atoms with Crippen molar-refractivity contribution in [1.82, 2.24) is 0 Å². The summed E-state index contributed by atoms with van der Waals surface area (Å²) in [6, 6.07) is 4.61. The van der Waals surface area contributed by atoms with E-state index >= 15 is 0 Å². The number of benzene rings is 1. The first-order valence-corrected chi connectivity index (χ1v) is 5.60. The molecule has 0 saturated heterocycles. The van der Waals surface area contributed by atoms with Crippen LogP contribution in [-0.2, 0) is 4.79 Å². The lowest BCUT2D eigenvalue weighted by Crippen LogP contribution is -2.38. The molecule has 0 aliphatic carbocycles. The molecule has 15 heavy (non-hydrogen) atoms. The molecule has 4 nitrogen and oxygen atoms in total. The van der Waals surface area contributed by atoms with Gasteiger partial charge in [-0.1, -0.05) is 11.6 Å². The number of thioether (sulfide) groups is 1. The van der Waals surface area contributed by atoms with Gasteiger partial charge in [0.2, 0.25) is 5.91 Å². The Morgan fingerprint density at radius 2 is 2.20 bits per heavy atom. The Balaban J connectivity index is 2.58. The maximum Gasteiger partial charge on any atom is 0.235 e. The third kappa shape index (κ3) is 3.62. The van der Waals surface area contributed by atoms with Gasteiger partial charge in [-0.2, -0.15) is 0 Å². The number of hydrogen-bond acceptors (Lipinski definition) is 4. The number of anilines is 1. The van der Waals surface area contributed by atoms with Gasteiger partial charge in [-0.15, -0.1) is 11.8 Å². The fourth-order valence-corrected chi connectivity index (χ4v) is 2.01. The van der Waals surface area contributed by atoms with Crippen molar-refractivity contribution >= 4 is 35.0 Å². The van der Waals surface area contributed by atoms with Gasteiger partial charge in [0.25, 0.3) is 0 Å². The number of primary amides is 1. The fraction of sp³-hybridized carbons (Fsp3) is 0.222. The standard InChI is InChI=1S/C9H12ClN3OS/c10-6-3-5(1-2-7(6)11)15-4-8(12)9(13)14/h1-3,8H,4,11-12H2,(H2,13,14). The summed E-state index contributed by atoms with van der Waals surface area (Å²) in [4.78, 5) is 11.6. The van der Waals surface area contributed by atoms with E-state index in [1.54, 1.807) is 12.1 Å². The number of nitrogen functional groups attached to an aromatic ring is 1. The van der Waals surface area contributed by atoms with Crippen molar-refractivity contribution in [3.8, 4) is 0 Å². The zero-order valence-corrected chi connectivity index (χ0v) is 9.52. The zero-order valence-electron chi connectivity index (χ0n) is 7.94. The summed E-state index contributed by atoms with van der Waals surface area (Å²) in [6.45, 7) is 0. The van der Waals surface area contributed by atoms with Crippen molar-refractivity contribution in [2.24, 2.45) is 11.5 Å². The monoisotopic (exact) mass is 245 g/mol. The van der Waals surface area contributed by atoms with Crippen LogP contribution in [0.2, 0.25) is 5.02 Å². The summed E-state index contributed by atoms with van der Waals surface area (Å²) in [5.74, 6) is -0.0840. The fourth-order valence-electron chi connectivity index (χ4n) is 0.866. The molecule has 0 spiro atoms. The molecular formula is C9H12ClN3OS. The van der Waals surface area contributed by atoms with Gasteiger partial charge in [0.15, 0.2) is 0 Å². The van der Waals surface area contributed by atoms with Crippen LogP contribution in [0.25, 0.3) is 0 Å². The number of nitrogens with two attached hydrogens (primary N) is 3. The maximum atomic E-state index is 10.7. The van der Waals surface area contributed by atoms with E-state index in [2.05, 4.69) is 0 Å². The summed E-state index contributed by atoms with van der Waals surface area (Å²) in [5, 5.41) is 0.493. The predicted octanol–water partition coefficient (Wildman–Crippen LogP) is 0.827. The summed E-state index contributed by atoms with van der Waals surface area (Å²) >= 11 is 7.24. The number of carbonyl (C=O) groups is 1. The first kappa shape index (κ1) is 12.2. The van der Waals surface area contributed by atoms with E-state index in [4.69, 9.17) is 28.8 Å². The topological polar surface area (TPSA) is 95.1 Å². The third-order valence-corrected chi connectivity index (χ3v) is 3.21. The van der Waals surface area contributed by atoms with Crippen molar-refractivity contribution in [2.45, 2.75) is 10.9 Å². The second kappa shape index (κ2) is 5.25. The molecule has 1 aromatic rings. The van der Waals surface area contributed by atoms with E-state index in [-0.39, 0.29) is 0 Å². The van der Waals surface area contributed by atoms with Crippen LogP contribution in [-0.4, -0.2) is 17.7 Å². The lowest BCUT2D eigenvalue weighted by Gasteiger charge is -2.07. The molecule has 0 fully saturated rings. The van der Waals surface area contributed by atoms with Crippen LogP contribution in [0.3, 0.4) is 0 Å². The number of halogens is 1. The minimum Gasteiger partial charge on any atom is -0.398 e. The Morgan fingerprint density at radius 1 is 1.53 bits per heavy atom. The molecule has 0 aliphatic heterocycles. The molecule has 1 rings (SSSR count). The van der Waals surface area contributed by atoms with Crippen molar-refractivity contribution in [3.63, 3.8) is 0 Å². The SMILES string of the molecule is NC(=O)C(N)CSc1ccc(N)c(Cl)c1. The zero-order chi connectivity index (χ0) is 11.4. The summed E-state index contributed by atoms with van der Waals surface area (Å²) in [7, 11) is 0. The van der Waals surface area contributed by atoms with E-state index in [9.17, 15) is 4.79 Å². The van der Waals surface area contributed by atoms with E-state index < -0.39 is 11.9 Å². The van der Waals surface area contributed by atoms with Gasteiger partial charge >= 0.3 is 0 Å². The minimum atomic E-state index is -0.647. The van der Waals surface area contributed by atoms with Crippen molar-refractivity contribution in [2.75, 3.05) is 11.5 Å². The molecule has 1 aromatic carbocycles. The van der Waals surface area contributed by atoms with Crippen LogP contribution in [0.5, 0.6) is 0 Å². The second-order valence-corrected chi connectivity index (χ2v) is 4.50. The number of amides is 1. The highest BCUT2D eigenvalue weighted by Crippen LogP contribution is 2.26. The molecule has 0 aromatic heterocycles. The Hall–Kier alpha value is -0.910. The summed E-state index contributed by atoms with van der Waals surface area (Å²) in [6.07, 6.45) is 0. The highest BCUT2D eigenvalue weighted by Gasteiger charge is 2.09. The van der Waals surface area contributed by atoms with E-state index in [1.807, 2.05) is 6.07 Å². The van der Waals surface area contributed by atoms with Crippen LogP contribution in [0.1, 0.15) is 0 Å². The van der Waals surface area contributed by atoms with Gasteiger partial charge in [0.1, 0.15) is 0 Å². The first-order valence-electron chi connectivity index (χ1n) is 4.23. The van der Waals surface area contributed by atoms with Gasteiger partial charge in [-0.25, -0.2) is 0 Å². The first-order chi connectivity index (χ1) is 7.00. The van der Waals surface area contributed by atoms with Crippen LogP contribution in [0.4, 0.5) is 5.69 Å². The number of rotatable bonds is 4. The van der Waals surface area contributed by atoms with Crippen molar-refractivity contribution < 1.29 is 4.79 Å². The molecular weight excluding hydrogens is 234 g/mol. The summed E-state index contributed by atoms with van der Waals surface area (Å²) < 4.78 is 0. The van der Waals surface area contributed by atoms with Gasteiger partial charge in [-0.3, -0.25) is 4.79 Å². The highest BCUT2D eigenvalue weighted by molar-refractivity contribution is 7.99. The molecule has 6 heteroatoms. The third-order valence-electron chi connectivity index (χ3n) is 1.77. The normalized spacial score (nSPS) is 12.4. The summed E-state index contributed by atoms with van der Waals surface area (Å²) in [5.41, 5.74) is 16.6. The number of hydrogen-bond donors (Lipinski definition) is 3. The van der Waals surface area contributed by atoms with Crippen LogP contribution in [0, 0.1) is 0 Å². The average Bonchev–Trinajstić information content (AvgIpc) is 2.19. The molecule has 1 atom stereocenters. The lowest BCUT2D eigenvalue weighted by molar-refractivity contribution is -0.118. The molecule has 0 radical (unpaired) electrons. The van der Waals surface area contributed by atoms with Gasteiger partial charge in [-0.05, 0) is 18.2 Å². The molecule has 0 aliphatic rings. The van der Waals surface area contributed by atoms with Crippen LogP contribution in [0.15, 0.2) is 23.1 Å². The van der Waals surface area contributed by atoms with Crippen LogP contribution >= 0.6 is 23.4 Å². The largest absolute Gasteiger partial charge is 0.398 e. The second-order valence-electron chi connectivity index (χ2n) is 3.00. The Labute approximate surface area is 97.1 Å². The predicted molar refractivity (Wildman–Crippen MR) is 63.8 cm³/mol. The Morgan fingerprint density at radius 3 is 2.73 bits per heavy atom. The Bertz CT molecular complexity index is 372. The lowest BCUT2D eigenvalue weighted by atomic mass is 10.3. The molecule has 0 bridgehead atoms. The molecule has 0 heterocycles. The average molecular weight is 246 g/mol. The Kier molecular flexibility index (Phi) is 4.26. The molecule has 1 amide bonds. The van der Waals surface area contributed by atoms with Gasteiger partial charge < -0.3 is 17.2 Å². The smallest absolute Gasteiger partial charge is 0.235 e. The minimum absolute atomic E-state index is 0.426. The van der Waals surface area contributed by atoms with Crippen LogP contribution < -0.4 is 17.2 Å². The number of carbonyl (C=O) groups excluding carboxylic acids is 1. The molecule has 0 saturated carbocycles. The molecule has 6 N–H and O–H groups in total. The van der Waals surface area contributed by atoms with E-state index in [1.165, 1.54) is 11.8 Å².